The molecular formula is C10H14ClN3O3. The molecule has 1 spiro atoms. The minimum Gasteiger partial charge on any atom is -0.339 e. The molecule has 0 aliphatic carbocycles. The van der Waals surface area contributed by atoms with Gasteiger partial charge in [0, 0.05) is 18.3 Å². The van der Waals surface area contributed by atoms with Crippen LogP contribution in [0.25, 0.3) is 0 Å². The van der Waals surface area contributed by atoms with E-state index in [1.165, 1.54) is 0 Å². The van der Waals surface area contributed by atoms with Gasteiger partial charge in [-0.15, -0.1) is 11.6 Å². The van der Waals surface area contributed by atoms with Crippen molar-refractivity contribution in [3.8, 4) is 0 Å². The highest BCUT2D eigenvalue weighted by Gasteiger charge is 2.51. The maximum absolute atomic E-state index is 11.9. The molecule has 6 nitrogen and oxygen atoms in total. The first-order valence-electron chi connectivity index (χ1n) is 5.47. The Bertz CT molecular complexity index is 387. The van der Waals surface area contributed by atoms with Crippen molar-refractivity contribution >= 4 is 29.4 Å². The Balaban J connectivity index is 2.07. The Kier molecular flexibility index (Phi) is 2.99. The van der Waals surface area contributed by atoms with Crippen molar-refractivity contribution < 1.29 is 14.4 Å². The van der Waals surface area contributed by atoms with Crippen molar-refractivity contribution in [2.24, 2.45) is 5.92 Å². The van der Waals surface area contributed by atoms with E-state index in [4.69, 9.17) is 11.6 Å². The SMILES string of the molecule is CC(CCl)C(=O)N1CCC2(C1)NC(=O)NC2=O. The number of rotatable bonds is 2. The Labute approximate surface area is 104 Å². The lowest BCUT2D eigenvalue weighted by Gasteiger charge is -2.22. The molecule has 0 saturated carbocycles. The van der Waals surface area contributed by atoms with Gasteiger partial charge >= 0.3 is 6.03 Å². The number of imide groups is 1. The summed E-state index contributed by atoms with van der Waals surface area (Å²) in [7, 11) is 0. The lowest BCUT2D eigenvalue weighted by molar-refractivity contribution is -0.133. The van der Waals surface area contributed by atoms with E-state index in [0.29, 0.717) is 13.0 Å². The van der Waals surface area contributed by atoms with E-state index in [1.54, 1.807) is 11.8 Å². The van der Waals surface area contributed by atoms with Crippen molar-refractivity contribution in [1.29, 1.82) is 0 Å². The number of likely N-dealkylation sites (tertiary alicyclic amines) is 1. The quantitative estimate of drug-likeness (QED) is 0.527. The van der Waals surface area contributed by atoms with Gasteiger partial charge in [-0.25, -0.2) is 4.79 Å². The summed E-state index contributed by atoms with van der Waals surface area (Å²) in [6.07, 6.45) is 0.450. The Morgan fingerprint density at radius 2 is 2.29 bits per heavy atom. The van der Waals surface area contributed by atoms with Crippen LogP contribution in [-0.4, -0.2) is 47.3 Å². The fourth-order valence-corrected chi connectivity index (χ4v) is 2.32. The minimum absolute atomic E-state index is 0.0779. The normalized spacial score (nSPS) is 29.4. The molecule has 7 heteroatoms. The molecule has 0 aromatic rings. The van der Waals surface area contributed by atoms with Gasteiger partial charge in [0.05, 0.1) is 6.54 Å². The molecular weight excluding hydrogens is 246 g/mol. The molecule has 0 bridgehead atoms. The smallest absolute Gasteiger partial charge is 0.322 e. The molecule has 94 valence electrons. The number of hydrogen-bond donors (Lipinski definition) is 2. The number of amides is 4. The van der Waals surface area contributed by atoms with Gasteiger partial charge in [0.2, 0.25) is 5.91 Å². The summed E-state index contributed by atoms with van der Waals surface area (Å²) in [6, 6.07) is -0.491. The number of carbonyl (C=O) groups excluding carboxylic acids is 3. The second kappa shape index (κ2) is 4.18. The highest BCUT2D eigenvalue weighted by Crippen LogP contribution is 2.25. The van der Waals surface area contributed by atoms with Crippen molar-refractivity contribution in [3.05, 3.63) is 0 Å². The molecule has 17 heavy (non-hydrogen) atoms. The Morgan fingerprint density at radius 1 is 1.59 bits per heavy atom. The summed E-state index contributed by atoms with van der Waals surface area (Å²) in [5.41, 5.74) is -0.932. The van der Waals surface area contributed by atoms with Crippen LogP contribution in [0.3, 0.4) is 0 Å². The van der Waals surface area contributed by atoms with E-state index in [1.807, 2.05) is 0 Å². The van der Waals surface area contributed by atoms with E-state index in [0.717, 1.165) is 0 Å². The monoisotopic (exact) mass is 259 g/mol. The van der Waals surface area contributed by atoms with Crippen LogP contribution in [-0.2, 0) is 9.59 Å². The number of halogens is 1. The number of urea groups is 1. The lowest BCUT2D eigenvalue weighted by Crippen LogP contribution is -2.50. The highest BCUT2D eigenvalue weighted by atomic mass is 35.5. The molecule has 2 unspecified atom stereocenters. The van der Waals surface area contributed by atoms with Crippen LogP contribution in [0.15, 0.2) is 0 Å². The van der Waals surface area contributed by atoms with Crippen LogP contribution < -0.4 is 10.6 Å². The molecule has 0 aromatic heterocycles. The molecule has 2 aliphatic heterocycles. The Morgan fingerprint density at radius 3 is 2.82 bits per heavy atom. The average molecular weight is 260 g/mol. The highest BCUT2D eigenvalue weighted by molar-refractivity contribution is 6.19. The van der Waals surface area contributed by atoms with E-state index in [9.17, 15) is 14.4 Å². The fraction of sp³-hybridized carbons (Fsp3) is 0.700. The average Bonchev–Trinajstić information content (AvgIpc) is 2.83. The van der Waals surface area contributed by atoms with Gasteiger partial charge in [-0.3, -0.25) is 14.9 Å². The molecule has 2 fully saturated rings. The van der Waals surface area contributed by atoms with Gasteiger partial charge in [-0.05, 0) is 6.42 Å². The third-order valence-corrected chi connectivity index (χ3v) is 3.71. The van der Waals surface area contributed by atoms with E-state index >= 15 is 0 Å². The van der Waals surface area contributed by atoms with Crippen molar-refractivity contribution in [3.63, 3.8) is 0 Å². The molecule has 2 N–H and O–H groups in total. The largest absolute Gasteiger partial charge is 0.339 e. The molecule has 2 atom stereocenters. The number of hydrogen-bond acceptors (Lipinski definition) is 3. The summed E-state index contributed by atoms with van der Waals surface area (Å²) in [5, 5.41) is 4.79. The second-order valence-corrected chi connectivity index (χ2v) is 4.86. The second-order valence-electron chi connectivity index (χ2n) is 4.56. The maximum Gasteiger partial charge on any atom is 0.322 e. The van der Waals surface area contributed by atoms with Crippen LogP contribution in [0.5, 0.6) is 0 Å². The molecule has 2 aliphatic rings. The van der Waals surface area contributed by atoms with Crippen molar-refractivity contribution in [2.75, 3.05) is 19.0 Å². The molecule has 2 saturated heterocycles. The number of carbonyl (C=O) groups is 3. The molecule has 0 aromatic carbocycles. The number of nitrogens with one attached hydrogen (secondary N) is 2. The molecule has 2 heterocycles. The van der Waals surface area contributed by atoms with E-state index < -0.39 is 11.6 Å². The lowest BCUT2D eigenvalue weighted by atomic mass is 9.99. The predicted molar refractivity (Wildman–Crippen MR) is 60.5 cm³/mol. The zero-order chi connectivity index (χ0) is 12.6. The van der Waals surface area contributed by atoms with Crippen LogP contribution in [0.4, 0.5) is 4.79 Å². The number of alkyl halides is 1. The van der Waals surface area contributed by atoms with Crippen LogP contribution in [0, 0.1) is 5.92 Å². The van der Waals surface area contributed by atoms with Gasteiger partial charge < -0.3 is 10.2 Å². The first-order valence-corrected chi connectivity index (χ1v) is 6.00. The van der Waals surface area contributed by atoms with Gasteiger partial charge in [-0.1, -0.05) is 6.92 Å². The van der Waals surface area contributed by atoms with Gasteiger partial charge in [0.1, 0.15) is 5.54 Å². The van der Waals surface area contributed by atoms with Crippen molar-refractivity contribution in [1.82, 2.24) is 15.5 Å². The number of nitrogens with zero attached hydrogens (tertiary/aromatic N) is 1. The summed E-state index contributed by atoms with van der Waals surface area (Å²) < 4.78 is 0. The maximum atomic E-state index is 11.9. The first-order chi connectivity index (χ1) is 7.98. The summed E-state index contributed by atoms with van der Waals surface area (Å²) >= 11 is 5.63. The van der Waals surface area contributed by atoms with Crippen LogP contribution in [0.2, 0.25) is 0 Å². The Hall–Kier alpha value is -1.30. The predicted octanol–water partition coefficient (Wildman–Crippen LogP) is -0.328. The topological polar surface area (TPSA) is 78.5 Å². The fourth-order valence-electron chi connectivity index (χ4n) is 2.19. The van der Waals surface area contributed by atoms with Gasteiger partial charge in [0.15, 0.2) is 0 Å². The summed E-state index contributed by atoms with van der Waals surface area (Å²) in [4.78, 5) is 36.3. The first kappa shape index (κ1) is 12.2. The third-order valence-electron chi connectivity index (χ3n) is 3.25. The van der Waals surface area contributed by atoms with E-state index in [2.05, 4.69) is 10.6 Å². The standard InChI is InChI=1S/C10H14ClN3O3/c1-6(4-11)7(15)14-3-2-10(5-14)8(16)12-9(17)13-10/h6H,2-5H2,1H3,(H2,12,13,16,17). The van der Waals surface area contributed by atoms with Gasteiger partial charge in [0.25, 0.3) is 5.91 Å². The van der Waals surface area contributed by atoms with Crippen molar-refractivity contribution in [2.45, 2.75) is 18.9 Å². The molecule has 0 radical (unpaired) electrons. The molecule has 2 rings (SSSR count). The zero-order valence-corrected chi connectivity index (χ0v) is 10.2. The van der Waals surface area contributed by atoms with Crippen LogP contribution >= 0.6 is 11.6 Å². The molecule has 4 amide bonds. The van der Waals surface area contributed by atoms with Gasteiger partial charge in [-0.2, -0.15) is 0 Å². The minimum atomic E-state index is -0.932. The summed E-state index contributed by atoms with van der Waals surface area (Å²) in [6.45, 7) is 2.44. The third kappa shape index (κ3) is 1.97. The zero-order valence-electron chi connectivity index (χ0n) is 9.46. The summed E-state index contributed by atoms with van der Waals surface area (Å²) in [5.74, 6) is -0.449. The van der Waals surface area contributed by atoms with Crippen LogP contribution in [0.1, 0.15) is 13.3 Å². The van der Waals surface area contributed by atoms with E-state index in [-0.39, 0.29) is 30.2 Å².